The van der Waals surface area contributed by atoms with Gasteiger partial charge in [-0.15, -0.1) is 0 Å². The second-order valence-electron chi connectivity index (χ2n) is 6.15. The average Bonchev–Trinajstić information content (AvgIpc) is 3.06. The number of benzene rings is 1. The van der Waals surface area contributed by atoms with E-state index in [0.29, 0.717) is 5.56 Å². The lowest BCUT2D eigenvalue weighted by Crippen LogP contribution is -2.49. The molecule has 1 aliphatic rings. The van der Waals surface area contributed by atoms with Crippen LogP contribution in [0, 0.1) is 11.7 Å². The van der Waals surface area contributed by atoms with E-state index in [1.165, 1.54) is 38.1 Å². The molecule has 1 amide bonds. The van der Waals surface area contributed by atoms with Gasteiger partial charge in [0.15, 0.2) is 11.9 Å². The summed E-state index contributed by atoms with van der Waals surface area (Å²) in [6, 6.07) is 4.59. The van der Waals surface area contributed by atoms with Crippen LogP contribution in [0.4, 0.5) is 4.39 Å². The predicted octanol–water partition coefficient (Wildman–Crippen LogP) is 2.64. The van der Waals surface area contributed by atoms with E-state index in [-0.39, 0.29) is 11.7 Å². The monoisotopic (exact) mass is 335 g/mol. The highest BCUT2D eigenvalue weighted by Crippen LogP contribution is 2.29. The Labute approximate surface area is 140 Å². The molecule has 1 N–H and O–H groups in total. The normalized spacial score (nSPS) is 17.1. The van der Waals surface area contributed by atoms with E-state index in [1.54, 1.807) is 0 Å². The molecule has 1 aromatic rings. The fraction of sp³-hybridized carbons (Fsp3) is 0.500. The SMILES string of the molecule is CC(=O)OC(C)C(=O)NC(C(=O)c1ccc(F)cc1)C1CCCC1. The molecule has 0 radical (unpaired) electrons. The summed E-state index contributed by atoms with van der Waals surface area (Å²) in [7, 11) is 0. The van der Waals surface area contributed by atoms with Crippen LogP contribution in [-0.4, -0.2) is 29.8 Å². The third-order valence-corrected chi connectivity index (χ3v) is 4.29. The number of rotatable bonds is 6. The molecule has 130 valence electrons. The quantitative estimate of drug-likeness (QED) is 0.641. The Balaban J connectivity index is 2.15. The zero-order valence-corrected chi connectivity index (χ0v) is 13.9. The number of carbonyl (C=O) groups excluding carboxylic acids is 3. The highest BCUT2D eigenvalue weighted by molar-refractivity contribution is 6.02. The summed E-state index contributed by atoms with van der Waals surface area (Å²) in [6.07, 6.45) is 2.74. The van der Waals surface area contributed by atoms with Crippen molar-refractivity contribution in [3.8, 4) is 0 Å². The van der Waals surface area contributed by atoms with E-state index in [1.807, 2.05) is 0 Å². The van der Waals surface area contributed by atoms with Crippen molar-refractivity contribution < 1.29 is 23.5 Å². The zero-order valence-electron chi connectivity index (χ0n) is 13.9. The Kier molecular flexibility index (Phi) is 6.06. The predicted molar refractivity (Wildman–Crippen MR) is 85.8 cm³/mol. The smallest absolute Gasteiger partial charge is 0.303 e. The molecule has 0 saturated heterocycles. The highest BCUT2D eigenvalue weighted by atomic mass is 19.1. The average molecular weight is 335 g/mol. The number of halogens is 1. The summed E-state index contributed by atoms with van der Waals surface area (Å²) >= 11 is 0. The fourth-order valence-corrected chi connectivity index (χ4v) is 3.05. The number of amides is 1. The van der Waals surface area contributed by atoms with Gasteiger partial charge in [-0.2, -0.15) is 0 Å². The maximum Gasteiger partial charge on any atom is 0.303 e. The van der Waals surface area contributed by atoms with Gasteiger partial charge in [-0.1, -0.05) is 12.8 Å². The number of esters is 1. The summed E-state index contributed by atoms with van der Waals surface area (Å²) in [5.74, 6) is -1.68. The molecule has 0 spiro atoms. The minimum absolute atomic E-state index is 0.0380. The number of carbonyl (C=O) groups is 3. The Morgan fingerprint density at radius 1 is 1.17 bits per heavy atom. The number of hydrogen-bond donors (Lipinski definition) is 1. The fourth-order valence-electron chi connectivity index (χ4n) is 3.05. The Morgan fingerprint density at radius 2 is 1.75 bits per heavy atom. The highest BCUT2D eigenvalue weighted by Gasteiger charge is 2.33. The summed E-state index contributed by atoms with van der Waals surface area (Å²) in [5.41, 5.74) is 0.355. The topological polar surface area (TPSA) is 72.5 Å². The van der Waals surface area contributed by atoms with E-state index in [0.717, 1.165) is 25.7 Å². The molecule has 0 aliphatic heterocycles. The molecule has 1 saturated carbocycles. The van der Waals surface area contributed by atoms with Crippen LogP contribution < -0.4 is 5.32 Å². The number of nitrogens with one attached hydrogen (secondary N) is 1. The van der Waals surface area contributed by atoms with Crippen molar-refractivity contribution in [3.05, 3.63) is 35.6 Å². The van der Waals surface area contributed by atoms with E-state index in [9.17, 15) is 18.8 Å². The summed E-state index contributed by atoms with van der Waals surface area (Å²) in [6.45, 7) is 2.69. The van der Waals surface area contributed by atoms with E-state index >= 15 is 0 Å². The van der Waals surface area contributed by atoms with Crippen LogP contribution in [0.5, 0.6) is 0 Å². The molecule has 0 aromatic heterocycles. The largest absolute Gasteiger partial charge is 0.453 e. The molecule has 5 nitrogen and oxygen atoms in total. The third kappa shape index (κ3) is 4.63. The summed E-state index contributed by atoms with van der Waals surface area (Å²) in [4.78, 5) is 36.0. The minimum Gasteiger partial charge on any atom is -0.453 e. The number of Topliss-reactive ketones (excluding diaryl/α,β-unsaturated/α-hetero) is 1. The van der Waals surface area contributed by atoms with Crippen LogP contribution in [0.2, 0.25) is 0 Å². The first-order valence-electron chi connectivity index (χ1n) is 8.16. The Bertz CT molecular complexity index is 608. The number of ether oxygens (including phenoxy) is 1. The van der Waals surface area contributed by atoms with Crippen molar-refractivity contribution in [1.29, 1.82) is 0 Å². The maximum absolute atomic E-state index is 13.1. The van der Waals surface area contributed by atoms with E-state index in [2.05, 4.69) is 5.32 Å². The van der Waals surface area contributed by atoms with E-state index < -0.39 is 29.8 Å². The van der Waals surface area contributed by atoms with Gasteiger partial charge in [0.2, 0.25) is 0 Å². The van der Waals surface area contributed by atoms with Gasteiger partial charge in [0, 0.05) is 12.5 Å². The Morgan fingerprint density at radius 3 is 2.29 bits per heavy atom. The van der Waals surface area contributed by atoms with Crippen LogP contribution in [0.15, 0.2) is 24.3 Å². The Hall–Kier alpha value is -2.24. The standard InChI is InChI=1S/C18H22FNO4/c1-11(24-12(2)21)18(23)20-16(13-5-3-4-6-13)17(22)14-7-9-15(19)10-8-14/h7-11,13,16H,3-6H2,1-2H3,(H,20,23). The minimum atomic E-state index is -0.965. The van der Waals surface area contributed by atoms with Gasteiger partial charge in [0.25, 0.3) is 5.91 Å². The molecule has 1 aromatic carbocycles. The van der Waals surface area contributed by atoms with Crippen LogP contribution in [0.1, 0.15) is 49.9 Å². The van der Waals surface area contributed by atoms with Gasteiger partial charge in [-0.3, -0.25) is 14.4 Å². The first-order valence-corrected chi connectivity index (χ1v) is 8.16. The summed E-state index contributed by atoms with van der Waals surface area (Å²) in [5, 5.41) is 2.72. The lowest BCUT2D eigenvalue weighted by atomic mass is 9.90. The van der Waals surface area contributed by atoms with Crippen LogP contribution in [0.25, 0.3) is 0 Å². The molecule has 2 rings (SSSR count). The lowest BCUT2D eigenvalue weighted by molar-refractivity contribution is -0.152. The molecule has 6 heteroatoms. The van der Waals surface area contributed by atoms with E-state index in [4.69, 9.17) is 4.74 Å². The van der Waals surface area contributed by atoms with Gasteiger partial charge in [-0.05, 0) is 49.9 Å². The maximum atomic E-state index is 13.1. The van der Waals surface area contributed by atoms with Crippen LogP contribution in [-0.2, 0) is 14.3 Å². The zero-order chi connectivity index (χ0) is 17.7. The molecule has 24 heavy (non-hydrogen) atoms. The van der Waals surface area contributed by atoms with Gasteiger partial charge in [0.1, 0.15) is 5.82 Å². The molecule has 2 unspecified atom stereocenters. The van der Waals surface area contributed by atoms with Crippen molar-refractivity contribution in [3.63, 3.8) is 0 Å². The van der Waals surface area contributed by atoms with Crippen molar-refractivity contribution in [1.82, 2.24) is 5.32 Å². The first-order chi connectivity index (χ1) is 11.4. The molecule has 0 heterocycles. The molecule has 1 aliphatic carbocycles. The molecule has 0 bridgehead atoms. The van der Waals surface area contributed by atoms with Gasteiger partial charge >= 0.3 is 5.97 Å². The first kappa shape index (κ1) is 18.1. The van der Waals surface area contributed by atoms with Gasteiger partial charge < -0.3 is 10.1 Å². The molecule has 1 fully saturated rings. The second-order valence-corrected chi connectivity index (χ2v) is 6.15. The summed E-state index contributed by atoms with van der Waals surface area (Å²) < 4.78 is 17.9. The van der Waals surface area contributed by atoms with Crippen molar-refractivity contribution in [2.75, 3.05) is 0 Å². The number of hydrogen-bond acceptors (Lipinski definition) is 4. The van der Waals surface area contributed by atoms with Crippen molar-refractivity contribution in [2.45, 2.75) is 51.7 Å². The van der Waals surface area contributed by atoms with Crippen LogP contribution in [0.3, 0.4) is 0 Å². The van der Waals surface area contributed by atoms with Gasteiger partial charge in [0.05, 0.1) is 6.04 Å². The lowest BCUT2D eigenvalue weighted by Gasteiger charge is -2.25. The number of ketones is 1. The molecular weight excluding hydrogens is 313 g/mol. The molecule has 2 atom stereocenters. The third-order valence-electron chi connectivity index (χ3n) is 4.29. The second kappa shape index (κ2) is 8.04. The van der Waals surface area contributed by atoms with Crippen molar-refractivity contribution >= 4 is 17.7 Å². The van der Waals surface area contributed by atoms with Crippen molar-refractivity contribution in [2.24, 2.45) is 5.92 Å². The van der Waals surface area contributed by atoms with Crippen LogP contribution >= 0.6 is 0 Å². The van der Waals surface area contributed by atoms with Gasteiger partial charge in [-0.25, -0.2) is 4.39 Å². The molecular formula is C18H22FNO4.